The zero-order valence-electron chi connectivity index (χ0n) is 17.7. The maximum absolute atomic E-state index is 12.5. The second kappa shape index (κ2) is 8.23. The first-order valence-corrected chi connectivity index (χ1v) is 10.7. The van der Waals surface area contributed by atoms with Crippen molar-refractivity contribution in [1.82, 2.24) is 15.5 Å². The Bertz CT molecular complexity index is 1250. The number of aromatic nitrogens is 2. The predicted octanol–water partition coefficient (Wildman–Crippen LogP) is 5.02. The highest BCUT2D eigenvalue weighted by Gasteiger charge is 2.35. The summed E-state index contributed by atoms with van der Waals surface area (Å²) in [6.07, 6.45) is 0.739. The third kappa shape index (κ3) is 3.60. The lowest BCUT2D eigenvalue weighted by atomic mass is 9.97. The van der Waals surface area contributed by atoms with Crippen molar-refractivity contribution in [3.05, 3.63) is 101 Å². The fourth-order valence-corrected chi connectivity index (χ4v) is 4.20. The third-order valence-electron chi connectivity index (χ3n) is 5.79. The first-order chi connectivity index (χ1) is 15.6. The van der Waals surface area contributed by atoms with Crippen LogP contribution < -0.4 is 15.8 Å². The van der Waals surface area contributed by atoms with Gasteiger partial charge in [0.25, 0.3) is 5.91 Å². The molecule has 4 aromatic rings. The third-order valence-corrected chi connectivity index (χ3v) is 5.79. The van der Waals surface area contributed by atoms with Gasteiger partial charge in [-0.15, -0.1) is 0 Å². The number of anilines is 1. The minimum atomic E-state index is -0.267. The number of amides is 1. The maximum Gasteiger partial charge on any atom is 0.270 e. The average Bonchev–Trinajstić information content (AvgIpc) is 3.40. The van der Waals surface area contributed by atoms with E-state index >= 15 is 0 Å². The van der Waals surface area contributed by atoms with Crippen LogP contribution in [0.15, 0.2) is 78.9 Å². The van der Waals surface area contributed by atoms with E-state index < -0.39 is 0 Å². The lowest BCUT2D eigenvalue weighted by Gasteiger charge is -2.19. The molecule has 0 spiro atoms. The number of nitrogens with zero attached hydrogens (tertiary/aromatic N) is 1. The first kappa shape index (κ1) is 19.9. The highest BCUT2D eigenvalue weighted by atomic mass is 16.5. The van der Waals surface area contributed by atoms with Gasteiger partial charge >= 0.3 is 0 Å². The highest BCUT2D eigenvalue weighted by Crippen LogP contribution is 2.37. The van der Waals surface area contributed by atoms with Crippen molar-refractivity contribution in [2.24, 2.45) is 0 Å². The number of hydrogen-bond donors (Lipinski definition) is 3. The Morgan fingerprint density at radius 1 is 1.03 bits per heavy atom. The predicted molar refractivity (Wildman–Crippen MR) is 124 cm³/mol. The molecule has 6 nitrogen and oxygen atoms in total. The number of rotatable bonds is 6. The van der Waals surface area contributed by atoms with Gasteiger partial charge in [-0.25, -0.2) is 0 Å². The quantitative estimate of drug-likeness (QED) is 0.379. The zero-order chi connectivity index (χ0) is 22.1. The standard InChI is InChI=1S/C26H24N4O2/c1-2-21(18-9-6-10-19(27)15-18)32-20-13-11-17(12-14-20)23-22-24(16-7-4-3-5-8-16)29-30-25(22)26(31)28-23/h3-15,21,23H,2,27H2,1H3,(H,28,31)(H,29,30). The molecule has 4 N–H and O–H groups in total. The van der Waals surface area contributed by atoms with Crippen molar-refractivity contribution < 1.29 is 9.53 Å². The SMILES string of the molecule is CCC(Oc1ccc(C2NC(=O)c3[nH]nc(-c4ccccc4)c32)cc1)c1cccc(N)c1. The molecule has 2 atom stereocenters. The van der Waals surface area contributed by atoms with Gasteiger partial charge in [0.05, 0.1) is 11.7 Å². The van der Waals surface area contributed by atoms with Gasteiger partial charge in [0.2, 0.25) is 0 Å². The molecule has 1 aliphatic rings. The molecule has 3 aromatic carbocycles. The number of carbonyl (C=O) groups excluding carboxylic acids is 1. The molecule has 0 bridgehead atoms. The van der Waals surface area contributed by atoms with Crippen LogP contribution in [0.3, 0.4) is 0 Å². The topological polar surface area (TPSA) is 93.0 Å². The Morgan fingerprint density at radius 2 is 1.81 bits per heavy atom. The Balaban J connectivity index is 1.41. The minimum Gasteiger partial charge on any atom is -0.486 e. The molecular weight excluding hydrogens is 400 g/mol. The smallest absolute Gasteiger partial charge is 0.270 e. The molecule has 2 unspecified atom stereocenters. The number of ether oxygens (including phenoxy) is 1. The van der Waals surface area contributed by atoms with Crippen LogP contribution in [-0.4, -0.2) is 16.1 Å². The van der Waals surface area contributed by atoms with E-state index in [1.54, 1.807) is 0 Å². The summed E-state index contributed by atoms with van der Waals surface area (Å²) in [5, 5.41) is 10.4. The molecule has 1 aliphatic heterocycles. The summed E-state index contributed by atoms with van der Waals surface area (Å²) in [6.45, 7) is 2.09. The number of nitrogens with two attached hydrogens (primary N) is 1. The number of nitrogens with one attached hydrogen (secondary N) is 2. The molecule has 2 heterocycles. The van der Waals surface area contributed by atoms with Crippen molar-refractivity contribution >= 4 is 11.6 Å². The van der Waals surface area contributed by atoms with Crippen molar-refractivity contribution in [2.45, 2.75) is 25.5 Å². The Hall–Kier alpha value is -4.06. The number of hydrogen-bond acceptors (Lipinski definition) is 4. The molecular formula is C26H24N4O2. The number of benzene rings is 3. The van der Waals surface area contributed by atoms with Crippen LogP contribution in [0.1, 0.15) is 52.7 Å². The van der Waals surface area contributed by atoms with Crippen molar-refractivity contribution in [1.29, 1.82) is 0 Å². The summed E-state index contributed by atoms with van der Waals surface area (Å²) in [6, 6.07) is 25.3. The van der Waals surface area contributed by atoms with E-state index in [-0.39, 0.29) is 18.1 Å². The molecule has 0 saturated heterocycles. The van der Waals surface area contributed by atoms with E-state index in [1.165, 1.54) is 0 Å². The van der Waals surface area contributed by atoms with Gasteiger partial charge in [0.15, 0.2) is 0 Å². The summed E-state index contributed by atoms with van der Waals surface area (Å²) in [4.78, 5) is 12.5. The normalized spacial score (nSPS) is 15.8. The Morgan fingerprint density at radius 3 is 2.53 bits per heavy atom. The summed E-state index contributed by atoms with van der Waals surface area (Å²) >= 11 is 0. The van der Waals surface area contributed by atoms with Gasteiger partial charge < -0.3 is 15.8 Å². The molecule has 6 heteroatoms. The van der Waals surface area contributed by atoms with E-state index in [4.69, 9.17) is 10.5 Å². The van der Waals surface area contributed by atoms with Crippen molar-refractivity contribution in [3.63, 3.8) is 0 Å². The van der Waals surface area contributed by atoms with Crippen molar-refractivity contribution in [3.8, 4) is 17.0 Å². The van der Waals surface area contributed by atoms with Crippen molar-refractivity contribution in [2.75, 3.05) is 5.73 Å². The number of H-pyrrole nitrogens is 1. The molecule has 5 rings (SSSR count). The molecule has 160 valence electrons. The zero-order valence-corrected chi connectivity index (χ0v) is 17.7. The Kier molecular flexibility index (Phi) is 5.11. The summed E-state index contributed by atoms with van der Waals surface area (Å²) in [5.74, 6) is 0.621. The largest absolute Gasteiger partial charge is 0.486 e. The van der Waals surface area contributed by atoms with E-state index in [0.717, 1.165) is 45.8 Å². The second-order valence-electron chi connectivity index (χ2n) is 7.89. The lowest BCUT2D eigenvalue weighted by Crippen LogP contribution is -2.21. The van der Waals surface area contributed by atoms with Crippen LogP contribution in [-0.2, 0) is 0 Å². The number of aromatic amines is 1. The van der Waals surface area contributed by atoms with E-state index in [1.807, 2.05) is 78.9 Å². The summed E-state index contributed by atoms with van der Waals surface area (Å²) < 4.78 is 6.23. The number of fused-ring (bicyclic) bond motifs is 1. The van der Waals surface area contributed by atoms with Crippen LogP contribution in [0.2, 0.25) is 0 Å². The molecule has 1 aromatic heterocycles. The lowest BCUT2D eigenvalue weighted by molar-refractivity contribution is 0.0955. The van der Waals surface area contributed by atoms with Gasteiger partial charge in [-0.05, 0) is 41.8 Å². The molecule has 0 aliphatic carbocycles. The van der Waals surface area contributed by atoms with E-state index in [9.17, 15) is 4.79 Å². The average molecular weight is 425 g/mol. The first-order valence-electron chi connectivity index (χ1n) is 10.7. The van der Waals surface area contributed by atoms with Crippen LogP contribution in [0.25, 0.3) is 11.3 Å². The molecule has 32 heavy (non-hydrogen) atoms. The van der Waals surface area contributed by atoms with Crippen LogP contribution in [0.5, 0.6) is 5.75 Å². The summed E-state index contributed by atoms with van der Waals surface area (Å²) in [7, 11) is 0. The molecule has 0 fully saturated rings. The van der Waals surface area contributed by atoms with Crippen LogP contribution in [0.4, 0.5) is 5.69 Å². The molecule has 1 amide bonds. The van der Waals surface area contributed by atoms with Gasteiger partial charge in [-0.1, -0.05) is 61.5 Å². The summed E-state index contributed by atoms with van der Waals surface area (Å²) in [5.41, 5.74) is 11.8. The minimum absolute atomic E-state index is 0.0827. The maximum atomic E-state index is 12.5. The van der Waals surface area contributed by atoms with Crippen LogP contribution >= 0.6 is 0 Å². The second-order valence-corrected chi connectivity index (χ2v) is 7.89. The molecule has 0 radical (unpaired) electrons. The van der Waals surface area contributed by atoms with Gasteiger partial charge in [0, 0.05) is 16.8 Å². The molecule has 0 saturated carbocycles. The van der Waals surface area contributed by atoms with E-state index in [2.05, 4.69) is 22.4 Å². The highest BCUT2D eigenvalue weighted by molar-refractivity contribution is 6.00. The van der Waals surface area contributed by atoms with E-state index in [0.29, 0.717) is 5.69 Å². The van der Waals surface area contributed by atoms with Gasteiger partial charge in [-0.2, -0.15) is 5.10 Å². The fraction of sp³-hybridized carbons (Fsp3) is 0.154. The number of nitrogen functional groups attached to an aromatic ring is 1. The van der Waals surface area contributed by atoms with Gasteiger partial charge in [-0.3, -0.25) is 9.89 Å². The number of carbonyl (C=O) groups is 1. The fourth-order valence-electron chi connectivity index (χ4n) is 4.20. The van der Waals surface area contributed by atoms with Crippen LogP contribution in [0, 0.1) is 0 Å². The monoisotopic (exact) mass is 424 g/mol. The Labute approximate surface area is 186 Å². The van der Waals surface area contributed by atoms with Gasteiger partial charge in [0.1, 0.15) is 17.5 Å².